The predicted molar refractivity (Wildman–Crippen MR) is 85.4 cm³/mol. The van der Waals surface area contributed by atoms with Crippen LogP contribution in [-0.2, 0) is 5.41 Å². The van der Waals surface area contributed by atoms with Gasteiger partial charge in [0.1, 0.15) is 5.75 Å². The lowest BCUT2D eigenvalue weighted by atomic mass is 9.81. The van der Waals surface area contributed by atoms with Crippen molar-refractivity contribution < 1.29 is 4.74 Å². The van der Waals surface area contributed by atoms with Crippen LogP contribution in [0.5, 0.6) is 5.75 Å². The fraction of sp³-hybridized carbons (Fsp3) is 0.316. The monoisotopic (exact) mass is 279 g/mol. The minimum absolute atomic E-state index is 0.515. The summed E-state index contributed by atoms with van der Waals surface area (Å²) in [6.45, 7) is 6.63. The van der Waals surface area contributed by atoms with Gasteiger partial charge < -0.3 is 4.74 Å². The summed E-state index contributed by atoms with van der Waals surface area (Å²) in [6.07, 6.45) is 0.668. The Labute approximate surface area is 127 Å². The first-order valence-electron chi connectivity index (χ1n) is 7.22. The first-order valence-corrected chi connectivity index (χ1v) is 7.22. The molecule has 0 aliphatic carbocycles. The number of hydrogen-bond donors (Lipinski definition) is 0. The molecular formula is C19H21NO. The van der Waals surface area contributed by atoms with Gasteiger partial charge in [0.15, 0.2) is 0 Å². The lowest BCUT2D eigenvalue weighted by Crippen LogP contribution is -2.22. The molecule has 0 aliphatic heterocycles. The molecule has 0 heterocycles. The first kappa shape index (κ1) is 15.1. The quantitative estimate of drug-likeness (QED) is 0.804. The highest BCUT2D eigenvalue weighted by molar-refractivity contribution is 5.38. The Hall–Kier alpha value is -2.27. The Balaban J connectivity index is 2.05. The molecule has 0 aliphatic rings. The summed E-state index contributed by atoms with van der Waals surface area (Å²) in [4.78, 5) is 0. The normalized spacial score (nSPS) is 13.2. The van der Waals surface area contributed by atoms with E-state index in [2.05, 4.69) is 26.0 Å². The van der Waals surface area contributed by atoms with Crippen molar-refractivity contribution in [2.45, 2.75) is 32.6 Å². The minimum atomic E-state index is -0.515. The van der Waals surface area contributed by atoms with E-state index in [4.69, 9.17) is 4.74 Å². The van der Waals surface area contributed by atoms with Crippen LogP contribution in [0.4, 0.5) is 0 Å². The van der Waals surface area contributed by atoms with Crippen molar-refractivity contribution in [2.75, 3.05) is 6.61 Å². The minimum Gasteiger partial charge on any atom is -0.493 e. The number of hydrogen-bond acceptors (Lipinski definition) is 2. The molecule has 0 radical (unpaired) electrons. The maximum absolute atomic E-state index is 9.53. The SMILES string of the molecule is Cc1cccc(OCCC(C)(C#N)c2ccccc2)c1C. The Kier molecular flexibility index (Phi) is 4.65. The third-order valence-corrected chi connectivity index (χ3v) is 4.07. The van der Waals surface area contributed by atoms with Crippen LogP contribution >= 0.6 is 0 Å². The van der Waals surface area contributed by atoms with Crippen molar-refractivity contribution in [1.29, 1.82) is 5.26 Å². The zero-order valence-corrected chi connectivity index (χ0v) is 12.9. The zero-order valence-electron chi connectivity index (χ0n) is 12.9. The van der Waals surface area contributed by atoms with Crippen LogP contribution in [0.25, 0.3) is 0 Å². The highest BCUT2D eigenvalue weighted by atomic mass is 16.5. The zero-order chi connectivity index (χ0) is 15.3. The van der Waals surface area contributed by atoms with Gasteiger partial charge in [-0.25, -0.2) is 0 Å². The van der Waals surface area contributed by atoms with Gasteiger partial charge in [-0.2, -0.15) is 5.26 Å². The molecule has 108 valence electrons. The van der Waals surface area contributed by atoms with Crippen molar-refractivity contribution in [1.82, 2.24) is 0 Å². The van der Waals surface area contributed by atoms with Crippen LogP contribution < -0.4 is 4.74 Å². The lowest BCUT2D eigenvalue weighted by molar-refractivity contribution is 0.283. The molecular weight excluding hydrogens is 258 g/mol. The molecule has 0 N–H and O–H groups in total. The topological polar surface area (TPSA) is 33.0 Å². The van der Waals surface area contributed by atoms with Gasteiger partial charge in [0, 0.05) is 6.42 Å². The molecule has 0 fully saturated rings. The average Bonchev–Trinajstić information content (AvgIpc) is 2.52. The maximum Gasteiger partial charge on any atom is 0.122 e. The van der Waals surface area contributed by atoms with E-state index in [0.29, 0.717) is 13.0 Å². The van der Waals surface area contributed by atoms with E-state index in [1.807, 2.05) is 49.4 Å². The third-order valence-electron chi connectivity index (χ3n) is 4.07. The van der Waals surface area contributed by atoms with Crippen molar-refractivity contribution in [3.8, 4) is 11.8 Å². The highest BCUT2D eigenvalue weighted by Gasteiger charge is 2.26. The molecule has 0 saturated heterocycles. The summed E-state index contributed by atoms with van der Waals surface area (Å²) in [5.41, 5.74) is 2.91. The molecule has 0 amide bonds. The molecule has 2 heteroatoms. The molecule has 0 saturated carbocycles. The maximum atomic E-state index is 9.53. The second-order valence-corrected chi connectivity index (χ2v) is 5.61. The van der Waals surface area contributed by atoms with Gasteiger partial charge in [-0.1, -0.05) is 42.5 Å². The summed E-state index contributed by atoms with van der Waals surface area (Å²) < 4.78 is 5.89. The number of benzene rings is 2. The van der Waals surface area contributed by atoms with E-state index in [1.165, 1.54) is 5.56 Å². The fourth-order valence-corrected chi connectivity index (χ4v) is 2.32. The summed E-state index contributed by atoms with van der Waals surface area (Å²) in [6, 6.07) is 18.4. The average molecular weight is 279 g/mol. The van der Waals surface area contributed by atoms with Gasteiger partial charge in [-0.3, -0.25) is 0 Å². The highest BCUT2D eigenvalue weighted by Crippen LogP contribution is 2.28. The second kappa shape index (κ2) is 6.45. The summed E-state index contributed by atoms with van der Waals surface area (Å²) in [5, 5.41) is 9.53. The third kappa shape index (κ3) is 3.44. The van der Waals surface area contributed by atoms with Gasteiger partial charge in [-0.05, 0) is 43.5 Å². The molecule has 0 bridgehead atoms. The van der Waals surface area contributed by atoms with Crippen LogP contribution in [0, 0.1) is 25.2 Å². The second-order valence-electron chi connectivity index (χ2n) is 5.61. The van der Waals surface area contributed by atoms with E-state index >= 15 is 0 Å². The summed E-state index contributed by atoms with van der Waals surface area (Å²) in [5.74, 6) is 0.906. The van der Waals surface area contributed by atoms with Crippen LogP contribution in [0.2, 0.25) is 0 Å². The Morgan fingerprint density at radius 1 is 1.05 bits per heavy atom. The number of rotatable bonds is 5. The number of nitriles is 1. The largest absolute Gasteiger partial charge is 0.493 e. The summed E-state index contributed by atoms with van der Waals surface area (Å²) in [7, 11) is 0. The number of ether oxygens (including phenoxy) is 1. The van der Waals surface area contributed by atoms with E-state index in [-0.39, 0.29) is 0 Å². The molecule has 0 spiro atoms. The Bertz CT molecular complexity index is 642. The molecule has 2 aromatic carbocycles. The molecule has 0 aromatic heterocycles. The Morgan fingerprint density at radius 2 is 1.76 bits per heavy atom. The van der Waals surface area contributed by atoms with Crippen molar-refractivity contribution in [2.24, 2.45) is 0 Å². The van der Waals surface area contributed by atoms with Crippen LogP contribution in [0.3, 0.4) is 0 Å². The molecule has 1 unspecified atom stereocenters. The van der Waals surface area contributed by atoms with Crippen molar-refractivity contribution in [3.63, 3.8) is 0 Å². The van der Waals surface area contributed by atoms with Gasteiger partial charge in [0.25, 0.3) is 0 Å². The van der Waals surface area contributed by atoms with Crippen LogP contribution in [0.1, 0.15) is 30.0 Å². The molecule has 2 aromatic rings. The molecule has 2 rings (SSSR count). The first-order chi connectivity index (χ1) is 10.1. The molecule has 21 heavy (non-hydrogen) atoms. The summed E-state index contributed by atoms with van der Waals surface area (Å²) >= 11 is 0. The van der Waals surface area contributed by atoms with Gasteiger partial charge >= 0.3 is 0 Å². The van der Waals surface area contributed by atoms with Crippen LogP contribution in [-0.4, -0.2) is 6.61 Å². The van der Waals surface area contributed by atoms with E-state index in [9.17, 15) is 5.26 Å². The van der Waals surface area contributed by atoms with E-state index in [1.54, 1.807) is 0 Å². The standard InChI is InChI=1S/C19H21NO/c1-15-8-7-11-18(16(15)2)21-13-12-19(3,14-20)17-9-5-4-6-10-17/h4-11H,12-13H2,1-3H3. The lowest BCUT2D eigenvalue weighted by Gasteiger charge is -2.22. The van der Waals surface area contributed by atoms with Gasteiger partial charge in [0.2, 0.25) is 0 Å². The predicted octanol–water partition coefficient (Wildman–Crippen LogP) is 4.55. The number of nitrogens with zero attached hydrogens (tertiary/aromatic N) is 1. The van der Waals surface area contributed by atoms with E-state index in [0.717, 1.165) is 16.9 Å². The Morgan fingerprint density at radius 3 is 2.43 bits per heavy atom. The van der Waals surface area contributed by atoms with Crippen molar-refractivity contribution in [3.05, 3.63) is 65.2 Å². The fourth-order valence-electron chi connectivity index (χ4n) is 2.32. The molecule has 1 atom stereocenters. The van der Waals surface area contributed by atoms with Crippen molar-refractivity contribution >= 4 is 0 Å². The molecule has 2 nitrogen and oxygen atoms in total. The van der Waals surface area contributed by atoms with E-state index < -0.39 is 5.41 Å². The smallest absolute Gasteiger partial charge is 0.122 e. The van der Waals surface area contributed by atoms with Crippen LogP contribution in [0.15, 0.2) is 48.5 Å². The van der Waals surface area contributed by atoms with Gasteiger partial charge in [0.05, 0.1) is 18.1 Å². The number of aryl methyl sites for hydroxylation is 1. The van der Waals surface area contributed by atoms with Gasteiger partial charge in [-0.15, -0.1) is 0 Å².